The maximum Gasteiger partial charge on any atom is 0.339 e. The third-order valence-corrected chi connectivity index (χ3v) is 3.94. The van der Waals surface area contributed by atoms with E-state index in [4.69, 9.17) is 9.47 Å². The first kappa shape index (κ1) is 19.6. The fourth-order valence-corrected chi connectivity index (χ4v) is 2.57. The number of hydrogen-bond donors (Lipinski definition) is 4. The maximum absolute atomic E-state index is 11.6. The molecule has 9 heteroatoms. The van der Waals surface area contributed by atoms with E-state index in [1.165, 1.54) is 21.0 Å². The van der Waals surface area contributed by atoms with Crippen molar-refractivity contribution in [3.8, 4) is 28.7 Å². The number of phenols is 2. The number of hydrogen-bond acceptors (Lipinski definition) is 7. The van der Waals surface area contributed by atoms with E-state index < -0.39 is 51.6 Å². The minimum Gasteiger partial charge on any atom is -0.507 e. The zero-order valence-electron chi connectivity index (χ0n) is 14.6. The van der Waals surface area contributed by atoms with Crippen molar-refractivity contribution in [3.63, 3.8) is 0 Å². The van der Waals surface area contributed by atoms with Crippen LogP contribution in [0.5, 0.6) is 28.7 Å². The first-order chi connectivity index (χ1) is 12.6. The van der Waals surface area contributed by atoms with E-state index >= 15 is 0 Å². The summed E-state index contributed by atoms with van der Waals surface area (Å²) >= 11 is 0. The average Bonchev–Trinajstić information content (AvgIpc) is 2.58. The molecular weight excluding hydrogens is 360 g/mol. The number of aldehydes is 1. The van der Waals surface area contributed by atoms with Gasteiger partial charge in [-0.05, 0) is 31.5 Å². The molecule has 0 saturated carbocycles. The van der Waals surface area contributed by atoms with E-state index in [1.54, 1.807) is 0 Å². The smallest absolute Gasteiger partial charge is 0.339 e. The van der Waals surface area contributed by atoms with Gasteiger partial charge in [-0.3, -0.25) is 4.79 Å². The SMILES string of the molecule is COc1cc(C(=O)O)c(Oc2c(C=O)c(O)cc(C)c2C(=O)O)c(O)c1C. The monoisotopic (exact) mass is 376 g/mol. The topological polar surface area (TPSA) is 151 Å². The summed E-state index contributed by atoms with van der Waals surface area (Å²) in [4.78, 5) is 34.5. The molecule has 0 heterocycles. The summed E-state index contributed by atoms with van der Waals surface area (Å²) in [6.45, 7) is 2.79. The van der Waals surface area contributed by atoms with E-state index in [2.05, 4.69) is 0 Å². The Kier molecular flexibility index (Phi) is 5.25. The Morgan fingerprint density at radius 3 is 2.15 bits per heavy atom. The highest BCUT2D eigenvalue weighted by atomic mass is 16.5. The second kappa shape index (κ2) is 7.24. The second-order valence-corrected chi connectivity index (χ2v) is 5.59. The zero-order valence-corrected chi connectivity index (χ0v) is 14.6. The van der Waals surface area contributed by atoms with Crippen LogP contribution in [0.1, 0.15) is 42.2 Å². The van der Waals surface area contributed by atoms with Gasteiger partial charge in [0.05, 0.1) is 12.7 Å². The normalized spacial score (nSPS) is 10.3. The number of carbonyl (C=O) groups is 3. The van der Waals surface area contributed by atoms with Crippen molar-refractivity contribution in [1.82, 2.24) is 0 Å². The molecule has 0 aliphatic heterocycles. The Morgan fingerprint density at radius 1 is 1.04 bits per heavy atom. The number of benzene rings is 2. The number of carboxylic acids is 2. The number of aryl methyl sites for hydroxylation is 1. The van der Waals surface area contributed by atoms with Gasteiger partial charge in [0.1, 0.15) is 22.6 Å². The molecule has 0 amide bonds. The molecule has 0 aliphatic carbocycles. The molecule has 4 N–H and O–H groups in total. The van der Waals surface area contributed by atoms with Gasteiger partial charge in [0.25, 0.3) is 0 Å². The minimum atomic E-state index is -1.49. The van der Waals surface area contributed by atoms with Gasteiger partial charge in [0.2, 0.25) is 0 Å². The second-order valence-electron chi connectivity index (χ2n) is 5.59. The van der Waals surface area contributed by atoms with Crippen molar-refractivity contribution in [3.05, 3.63) is 39.9 Å². The van der Waals surface area contributed by atoms with E-state index in [0.717, 1.165) is 12.1 Å². The van der Waals surface area contributed by atoms with Crippen LogP contribution in [0.4, 0.5) is 0 Å². The number of aromatic carboxylic acids is 2. The molecule has 0 bridgehead atoms. The number of methoxy groups -OCH3 is 1. The maximum atomic E-state index is 11.6. The van der Waals surface area contributed by atoms with Crippen LogP contribution in [-0.2, 0) is 0 Å². The third-order valence-electron chi connectivity index (χ3n) is 3.94. The fourth-order valence-electron chi connectivity index (χ4n) is 2.57. The largest absolute Gasteiger partial charge is 0.507 e. The summed E-state index contributed by atoms with van der Waals surface area (Å²) in [6, 6.07) is 2.15. The molecule has 142 valence electrons. The van der Waals surface area contributed by atoms with Crippen LogP contribution in [0.25, 0.3) is 0 Å². The van der Waals surface area contributed by atoms with Crippen LogP contribution in [-0.4, -0.2) is 45.8 Å². The van der Waals surface area contributed by atoms with Gasteiger partial charge < -0.3 is 29.9 Å². The Morgan fingerprint density at radius 2 is 1.67 bits per heavy atom. The Balaban J connectivity index is 2.85. The molecule has 0 aliphatic rings. The highest BCUT2D eigenvalue weighted by Gasteiger charge is 2.27. The van der Waals surface area contributed by atoms with Crippen molar-refractivity contribution in [2.24, 2.45) is 0 Å². The molecule has 0 radical (unpaired) electrons. The van der Waals surface area contributed by atoms with E-state index in [0.29, 0.717) is 0 Å². The van der Waals surface area contributed by atoms with Crippen LogP contribution in [0.2, 0.25) is 0 Å². The lowest BCUT2D eigenvalue weighted by Gasteiger charge is -2.18. The molecular formula is C18H16O9. The van der Waals surface area contributed by atoms with Crippen molar-refractivity contribution in [2.75, 3.05) is 7.11 Å². The summed E-state index contributed by atoms with van der Waals surface area (Å²) in [5.74, 6) is -5.22. The molecule has 2 aromatic carbocycles. The predicted octanol–water partition coefficient (Wildman–Crippen LogP) is 2.72. The third kappa shape index (κ3) is 3.34. The van der Waals surface area contributed by atoms with Crippen LogP contribution < -0.4 is 9.47 Å². The summed E-state index contributed by atoms with van der Waals surface area (Å²) < 4.78 is 10.4. The van der Waals surface area contributed by atoms with Crippen molar-refractivity contribution >= 4 is 18.2 Å². The number of phenolic OH excluding ortho intramolecular Hbond substituents is 2. The number of aromatic hydroxyl groups is 2. The van der Waals surface area contributed by atoms with Gasteiger partial charge in [-0.25, -0.2) is 9.59 Å². The van der Waals surface area contributed by atoms with Gasteiger partial charge in [0, 0.05) is 5.56 Å². The van der Waals surface area contributed by atoms with Gasteiger partial charge in [0.15, 0.2) is 23.5 Å². The van der Waals surface area contributed by atoms with Gasteiger partial charge in [-0.1, -0.05) is 0 Å². The van der Waals surface area contributed by atoms with Crippen molar-refractivity contribution in [2.45, 2.75) is 13.8 Å². The molecule has 9 nitrogen and oxygen atoms in total. The average molecular weight is 376 g/mol. The molecule has 0 spiro atoms. The highest BCUT2D eigenvalue weighted by molar-refractivity contribution is 5.99. The summed E-state index contributed by atoms with van der Waals surface area (Å²) in [5, 5.41) is 39.2. The molecule has 0 saturated heterocycles. The number of carbonyl (C=O) groups excluding carboxylic acids is 1. The number of ether oxygens (including phenoxy) is 2. The van der Waals surface area contributed by atoms with Gasteiger partial charge >= 0.3 is 11.9 Å². The zero-order chi connectivity index (χ0) is 20.5. The summed E-state index contributed by atoms with van der Waals surface area (Å²) in [7, 11) is 1.28. The quantitative estimate of drug-likeness (QED) is 0.558. The van der Waals surface area contributed by atoms with Gasteiger partial charge in [-0.2, -0.15) is 0 Å². The highest BCUT2D eigenvalue weighted by Crippen LogP contribution is 2.44. The standard InChI is InChI=1S/C18H16O9/c1-7-4-11(20)10(6-19)15(13(7)18(24)25)27-16-9(17(22)23)5-12(26-3)8(2)14(16)21/h4-6,20-21H,1-3H3,(H,22,23)(H,24,25). The van der Waals surface area contributed by atoms with Crippen LogP contribution in [0, 0.1) is 13.8 Å². The lowest BCUT2D eigenvalue weighted by molar-refractivity contribution is 0.0686. The first-order valence-corrected chi connectivity index (χ1v) is 7.50. The van der Waals surface area contributed by atoms with E-state index in [1.807, 2.05) is 0 Å². The molecule has 0 unspecified atom stereocenters. The molecule has 2 rings (SSSR count). The fraction of sp³-hybridized carbons (Fsp3) is 0.167. The molecule has 0 fully saturated rings. The minimum absolute atomic E-state index is 0.0680. The summed E-state index contributed by atoms with van der Waals surface area (Å²) in [5.41, 5.74) is -1.27. The van der Waals surface area contributed by atoms with Gasteiger partial charge in [-0.15, -0.1) is 0 Å². The molecule has 2 aromatic rings. The van der Waals surface area contributed by atoms with E-state index in [9.17, 15) is 34.8 Å². The molecule has 0 atom stereocenters. The summed E-state index contributed by atoms with van der Waals surface area (Å²) in [6.07, 6.45) is 0.171. The lowest BCUT2D eigenvalue weighted by atomic mass is 10.0. The Hall–Kier alpha value is -3.75. The van der Waals surface area contributed by atoms with Crippen LogP contribution in [0.15, 0.2) is 12.1 Å². The lowest BCUT2D eigenvalue weighted by Crippen LogP contribution is -2.09. The van der Waals surface area contributed by atoms with E-state index in [-0.39, 0.29) is 23.2 Å². The Labute approximate surface area is 153 Å². The van der Waals surface area contributed by atoms with Crippen molar-refractivity contribution in [1.29, 1.82) is 0 Å². The van der Waals surface area contributed by atoms with Crippen LogP contribution >= 0.6 is 0 Å². The number of rotatable bonds is 6. The van der Waals surface area contributed by atoms with Crippen LogP contribution in [0.3, 0.4) is 0 Å². The predicted molar refractivity (Wildman–Crippen MR) is 91.6 cm³/mol. The molecule has 27 heavy (non-hydrogen) atoms. The van der Waals surface area contributed by atoms with Crippen molar-refractivity contribution < 1.29 is 44.3 Å². The first-order valence-electron chi connectivity index (χ1n) is 7.50. The Bertz CT molecular complexity index is 960. The molecule has 0 aromatic heterocycles. The number of carboxylic acid groups (broad SMARTS) is 2.